The zero-order valence-electron chi connectivity index (χ0n) is 6.51. The van der Waals surface area contributed by atoms with Crippen LogP contribution in [0.3, 0.4) is 0 Å². The zero-order valence-corrected chi connectivity index (χ0v) is 7.33. The fourth-order valence-corrected chi connectivity index (χ4v) is 2.32. The number of likely N-dealkylation sites (tertiary alicyclic amines) is 1. The maximum Gasteiger partial charge on any atom is 0.407 e. The van der Waals surface area contributed by atoms with Crippen molar-refractivity contribution in [3.8, 4) is 0 Å². The largest absolute Gasteiger partial charge is 0.465 e. The molecule has 0 aromatic rings. The highest BCUT2D eigenvalue weighted by Gasteiger charge is 2.25. The molecule has 0 bridgehead atoms. The first kappa shape index (κ1) is 7.79. The van der Waals surface area contributed by atoms with Crippen LogP contribution in [0.2, 0.25) is 0 Å². The van der Waals surface area contributed by atoms with E-state index in [0.717, 1.165) is 6.42 Å². The highest BCUT2D eigenvalue weighted by molar-refractivity contribution is 8.31. The van der Waals surface area contributed by atoms with Crippen molar-refractivity contribution in [3.05, 3.63) is 0 Å². The van der Waals surface area contributed by atoms with Crippen LogP contribution in [-0.2, 0) is 0 Å². The summed E-state index contributed by atoms with van der Waals surface area (Å²) in [7, 11) is 0.0718. The quantitative estimate of drug-likeness (QED) is 0.621. The van der Waals surface area contributed by atoms with E-state index in [9.17, 15) is 4.79 Å². The summed E-state index contributed by atoms with van der Waals surface area (Å²) in [6.45, 7) is 1.33. The van der Waals surface area contributed by atoms with Crippen LogP contribution < -0.4 is 0 Å². The van der Waals surface area contributed by atoms with Gasteiger partial charge in [-0.25, -0.2) is 9.19 Å². The molecule has 2 heterocycles. The van der Waals surface area contributed by atoms with Gasteiger partial charge in [-0.1, -0.05) is 0 Å². The highest BCUT2D eigenvalue weighted by atomic mass is 32.2. The Morgan fingerprint density at radius 1 is 1.83 bits per heavy atom. The second-order valence-corrected chi connectivity index (χ2v) is 4.36. The van der Waals surface area contributed by atoms with Gasteiger partial charge in [-0.3, -0.25) is 0 Å². The van der Waals surface area contributed by atoms with Gasteiger partial charge in [0.2, 0.25) is 0 Å². The molecule has 1 N–H and O–H groups in total. The van der Waals surface area contributed by atoms with E-state index in [0.29, 0.717) is 19.0 Å². The van der Waals surface area contributed by atoms with Gasteiger partial charge in [0.25, 0.3) is 0 Å². The molecule has 0 spiro atoms. The third-order valence-electron chi connectivity index (χ3n) is 2.05. The standard InChI is InChI=1S/C7H10N2O2S/c10-7(11)9-2-1-6(3-9)4-12-5-8-12/h4-6H,1-3H2,(H,10,11). The summed E-state index contributed by atoms with van der Waals surface area (Å²) >= 11 is 0. The highest BCUT2D eigenvalue weighted by Crippen LogP contribution is 2.27. The Morgan fingerprint density at radius 2 is 2.58 bits per heavy atom. The summed E-state index contributed by atoms with van der Waals surface area (Å²) in [6.07, 6.45) is 0.157. The number of amides is 1. The van der Waals surface area contributed by atoms with Crippen LogP contribution in [0.15, 0.2) is 4.40 Å². The van der Waals surface area contributed by atoms with Crippen molar-refractivity contribution < 1.29 is 9.90 Å². The van der Waals surface area contributed by atoms with Crippen molar-refractivity contribution in [1.29, 1.82) is 0 Å². The lowest BCUT2D eigenvalue weighted by Crippen LogP contribution is -2.26. The van der Waals surface area contributed by atoms with Crippen molar-refractivity contribution in [1.82, 2.24) is 4.90 Å². The van der Waals surface area contributed by atoms with Gasteiger partial charge < -0.3 is 10.0 Å². The molecule has 66 valence electrons. The predicted octanol–water partition coefficient (Wildman–Crippen LogP) is 1.01. The number of carbonyl (C=O) groups is 1. The van der Waals surface area contributed by atoms with Gasteiger partial charge in [-0.05, 0) is 22.5 Å². The molecule has 0 aromatic heterocycles. The predicted molar refractivity (Wildman–Crippen MR) is 49.9 cm³/mol. The van der Waals surface area contributed by atoms with E-state index in [1.807, 2.05) is 5.55 Å². The van der Waals surface area contributed by atoms with Gasteiger partial charge in [0.05, 0.1) is 5.55 Å². The van der Waals surface area contributed by atoms with Crippen LogP contribution in [0.5, 0.6) is 0 Å². The van der Waals surface area contributed by atoms with Crippen molar-refractivity contribution in [3.63, 3.8) is 0 Å². The Labute approximate surface area is 73.0 Å². The van der Waals surface area contributed by atoms with E-state index in [4.69, 9.17) is 5.11 Å². The second-order valence-electron chi connectivity index (χ2n) is 2.97. The van der Waals surface area contributed by atoms with Crippen LogP contribution >= 0.6 is 10.7 Å². The van der Waals surface area contributed by atoms with Crippen molar-refractivity contribution in [2.45, 2.75) is 6.42 Å². The maximum absolute atomic E-state index is 10.5. The molecule has 0 aromatic carbocycles. The van der Waals surface area contributed by atoms with Crippen molar-refractivity contribution in [2.75, 3.05) is 13.1 Å². The van der Waals surface area contributed by atoms with E-state index in [-0.39, 0.29) is 10.7 Å². The Kier molecular flexibility index (Phi) is 1.88. The van der Waals surface area contributed by atoms with Gasteiger partial charge in [0, 0.05) is 19.0 Å². The monoisotopic (exact) mass is 186 g/mol. The first-order chi connectivity index (χ1) is 5.75. The molecular weight excluding hydrogens is 176 g/mol. The fraction of sp³-hybridized carbons (Fsp3) is 0.571. The molecule has 1 fully saturated rings. The summed E-state index contributed by atoms with van der Waals surface area (Å²) in [4.78, 5) is 12.0. The summed E-state index contributed by atoms with van der Waals surface area (Å²) in [5.41, 5.74) is 1.91. The molecular formula is C7H10N2O2S. The van der Waals surface area contributed by atoms with E-state index >= 15 is 0 Å². The Balaban J connectivity index is 1.89. The number of rotatable bonds is 1. The SMILES string of the molecule is O=C(O)N1CCC(C=S2C=N2)C1. The molecule has 1 amide bonds. The molecule has 5 heteroatoms. The van der Waals surface area contributed by atoms with Crippen LogP contribution in [0.1, 0.15) is 6.42 Å². The second kappa shape index (κ2) is 2.90. The average Bonchev–Trinajstić information content (AvgIpc) is 2.66. The van der Waals surface area contributed by atoms with Crippen molar-refractivity contribution >= 4 is 27.7 Å². The number of hydrogen-bond donors (Lipinski definition) is 1. The van der Waals surface area contributed by atoms with Crippen LogP contribution in [-0.4, -0.2) is 40.1 Å². The van der Waals surface area contributed by atoms with Gasteiger partial charge in [-0.2, -0.15) is 0 Å². The molecule has 0 saturated carbocycles. The van der Waals surface area contributed by atoms with E-state index in [1.54, 1.807) is 0 Å². The number of nitrogens with zero attached hydrogens (tertiary/aromatic N) is 2. The zero-order chi connectivity index (χ0) is 8.55. The number of hydrogen-bond acceptors (Lipinski definition) is 2. The normalized spacial score (nSPS) is 32.8. The molecule has 2 aliphatic rings. The molecule has 2 atom stereocenters. The van der Waals surface area contributed by atoms with Gasteiger partial charge in [-0.15, -0.1) is 0 Å². The first-order valence-electron chi connectivity index (χ1n) is 3.85. The molecule has 0 aliphatic carbocycles. The maximum atomic E-state index is 10.5. The molecule has 12 heavy (non-hydrogen) atoms. The smallest absolute Gasteiger partial charge is 0.407 e. The Hall–Kier alpha value is -0.840. The van der Waals surface area contributed by atoms with Crippen LogP contribution in [0.4, 0.5) is 4.79 Å². The fourth-order valence-electron chi connectivity index (χ4n) is 1.36. The van der Waals surface area contributed by atoms with Crippen molar-refractivity contribution in [2.24, 2.45) is 10.3 Å². The average molecular weight is 186 g/mol. The van der Waals surface area contributed by atoms with E-state index in [1.165, 1.54) is 4.90 Å². The minimum atomic E-state index is -0.800. The first-order valence-corrected chi connectivity index (χ1v) is 5.15. The number of carboxylic acid groups (broad SMARTS) is 1. The third-order valence-corrected chi connectivity index (χ3v) is 3.17. The van der Waals surface area contributed by atoms with Crippen LogP contribution in [0.25, 0.3) is 0 Å². The lowest BCUT2D eigenvalue weighted by molar-refractivity contribution is 0.155. The molecule has 4 nitrogen and oxygen atoms in total. The molecule has 0 radical (unpaired) electrons. The van der Waals surface area contributed by atoms with E-state index in [2.05, 4.69) is 9.77 Å². The lowest BCUT2D eigenvalue weighted by atomic mass is 10.2. The van der Waals surface area contributed by atoms with Gasteiger partial charge in [0.1, 0.15) is 0 Å². The molecule has 1 saturated heterocycles. The summed E-state index contributed by atoms with van der Waals surface area (Å²) in [6, 6.07) is 0. The summed E-state index contributed by atoms with van der Waals surface area (Å²) < 4.78 is 4.02. The van der Waals surface area contributed by atoms with Gasteiger partial charge in [0.15, 0.2) is 0 Å². The minimum absolute atomic E-state index is 0.0718. The van der Waals surface area contributed by atoms with Crippen LogP contribution in [0, 0.1) is 5.92 Å². The Bertz CT molecular complexity index is 267. The molecule has 2 rings (SSSR count). The molecule has 2 unspecified atom stereocenters. The topological polar surface area (TPSA) is 52.9 Å². The summed E-state index contributed by atoms with van der Waals surface area (Å²) in [5, 5.41) is 10.8. The molecule has 2 aliphatic heterocycles. The third kappa shape index (κ3) is 1.66. The van der Waals surface area contributed by atoms with Gasteiger partial charge >= 0.3 is 6.09 Å². The Morgan fingerprint density at radius 3 is 3.08 bits per heavy atom. The van der Waals surface area contributed by atoms with E-state index < -0.39 is 6.09 Å². The lowest BCUT2D eigenvalue weighted by Gasteiger charge is -2.09. The minimum Gasteiger partial charge on any atom is -0.465 e. The summed E-state index contributed by atoms with van der Waals surface area (Å²) in [5.74, 6) is 0.423.